The van der Waals surface area contributed by atoms with Crippen LogP contribution < -0.4 is 15.8 Å². The first kappa shape index (κ1) is 24.3. The summed E-state index contributed by atoms with van der Waals surface area (Å²) in [6.07, 6.45) is -4.78. The Morgan fingerprint density at radius 1 is 1.06 bits per heavy atom. The Hall–Kier alpha value is -3.80. The third-order valence-corrected chi connectivity index (χ3v) is 5.69. The number of anilines is 1. The standard InChI is InChI=1S/C23H23F3N4O5/c1-15(30-18-4-2-3-5-19(18)34-22(30)33)21(32)29-12-10-28(11-13-29)14-20(31)27-16-6-8-17(9-7-16)35-23(24,25)26/h2-9,15H,10-14H2,1H3,(H,27,31). The summed E-state index contributed by atoms with van der Waals surface area (Å²) in [6, 6.07) is 11.0. The van der Waals surface area contributed by atoms with E-state index < -0.39 is 18.2 Å². The highest BCUT2D eigenvalue weighted by molar-refractivity contribution is 5.92. The van der Waals surface area contributed by atoms with E-state index in [2.05, 4.69) is 10.1 Å². The van der Waals surface area contributed by atoms with Crippen LogP contribution in [0.2, 0.25) is 0 Å². The molecule has 3 aromatic rings. The van der Waals surface area contributed by atoms with Crippen LogP contribution in [0, 0.1) is 0 Å². The third kappa shape index (κ3) is 5.83. The summed E-state index contributed by atoms with van der Waals surface area (Å²) in [4.78, 5) is 41.2. The molecule has 0 bridgehead atoms. The number of fused-ring (bicyclic) bond motifs is 1. The number of para-hydroxylation sites is 2. The van der Waals surface area contributed by atoms with Crippen LogP contribution in [0.4, 0.5) is 18.9 Å². The van der Waals surface area contributed by atoms with Crippen LogP contribution in [-0.4, -0.2) is 65.3 Å². The van der Waals surface area contributed by atoms with Gasteiger partial charge in [-0.2, -0.15) is 0 Å². The zero-order chi connectivity index (χ0) is 25.2. The molecule has 1 saturated heterocycles. The molecule has 1 unspecified atom stereocenters. The molecule has 35 heavy (non-hydrogen) atoms. The molecule has 0 radical (unpaired) electrons. The Balaban J connectivity index is 1.28. The molecule has 9 nitrogen and oxygen atoms in total. The predicted molar refractivity (Wildman–Crippen MR) is 120 cm³/mol. The second-order valence-electron chi connectivity index (χ2n) is 8.10. The lowest BCUT2D eigenvalue weighted by atomic mass is 10.2. The fraction of sp³-hybridized carbons (Fsp3) is 0.348. The van der Waals surface area contributed by atoms with Gasteiger partial charge in [0.25, 0.3) is 0 Å². The number of hydrogen-bond acceptors (Lipinski definition) is 6. The number of nitrogens with one attached hydrogen (secondary N) is 1. The van der Waals surface area contributed by atoms with Crippen LogP contribution in [0.1, 0.15) is 13.0 Å². The number of alkyl halides is 3. The quantitative estimate of drug-likeness (QED) is 0.569. The molecule has 2 heterocycles. The van der Waals surface area contributed by atoms with Crippen molar-refractivity contribution in [2.45, 2.75) is 19.3 Å². The summed E-state index contributed by atoms with van der Waals surface area (Å²) in [7, 11) is 0. The smallest absolute Gasteiger partial charge is 0.408 e. The molecule has 1 N–H and O–H groups in total. The lowest BCUT2D eigenvalue weighted by molar-refractivity contribution is -0.274. The first-order chi connectivity index (χ1) is 16.6. The van der Waals surface area contributed by atoms with E-state index in [1.54, 1.807) is 36.1 Å². The van der Waals surface area contributed by atoms with Gasteiger partial charge in [-0.3, -0.25) is 19.1 Å². The van der Waals surface area contributed by atoms with E-state index >= 15 is 0 Å². The number of carbonyl (C=O) groups excluding carboxylic acids is 2. The number of piperazine rings is 1. The average Bonchev–Trinajstić information content (AvgIpc) is 3.14. The van der Waals surface area contributed by atoms with E-state index in [1.165, 1.54) is 16.7 Å². The van der Waals surface area contributed by atoms with E-state index in [0.29, 0.717) is 43.0 Å². The number of carbonyl (C=O) groups is 2. The summed E-state index contributed by atoms with van der Waals surface area (Å²) in [5.41, 5.74) is 1.30. The average molecular weight is 492 g/mol. The van der Waals surface area contributed by atoms with Crippen LogP contribution in [0.25, 0.3) is 11.1 Å². The van der Waals surface area contributed by atoms with Crippen LogP contribution in [0.5, 0.6) is 5.75 Å². The van der Waals surface area contributed by atoms with Gasteiger partial charge in [-0.05, 0) is 43.3 Å². The number of hydrogen-bond donors (Lipinski definition) is 1. The number of oxazole rings is 1. The Morgan fingerprint density at radius 3 is 2.37 bits per heavy atom. The zero-order valence-corrected chi connectivity index (χ0v) is 18.7. The number of rotatable bonds is 6. The Kier molecular flexibility index (Phi) is 6.83. The summed E-state index contributed by atoms with van der Waals surface area (Å²) in [5.74, 6) is -1.53. The third-order valence-electron chi connectivity index (χ3n) is 5.69. The van der Waals surface area contributed by atoms with Crippen LogP contribution in [-0.2, 0) is 9.59 Å². The van der Waals surface area contributed by atoms with Gasteiger partial charge < -0.3 is 19.4 Å². The number of nitrogens with zero attached hydrogens (tertiary/aromatic N) is 3. The zero-order valence-electron chi connectivity index (χ0n) is 18.7. The molecule has 2 aromatic carbocycles. The van der Waals surface area contributed by atoms with Crippen molar-refractivity contribution in [3.8, 4) is 5.75 Å². The molecule has 0 saturated carbocycles. The lowest BCUT2D eigenvalue weighted by Crippen LogP contribution is -2.52. The molecule has 1 aromatic heterocycles. The summed E-state index contributed by atoms with van der Waals surface area (Å²) in [6.45, 7) is 3.37. The van der Waals surface area contributed by atoms with Crippen molar-refractivity contribution in [1.82, 2.24) is 14.4 Å². The van der Waals surface area contributed by atoms with Crippen LogP contribution >= 0.6 is 0 Å². The van der Waals surface area contributed by atoms with Crippen molar-refractivity contribution in [2.75, 3.05) is 38.0 Å². The Labute approximate surface area is 197 Å². The van der Waals surface area contributed by atoms with Crippen molar-refractivity contribution in [1.29, 1.82) is 0 Å². The highest BCUT2D eigenvalue weighted by Gasteiger charge is 2.31. The molecule has 4 rings (SSSR count). The van der Waals surface area contributed by atoms with Gasteiger partial charge in [0.2, 0.25) is 11.8 Å². The summed E-state index contributed by atoms with van der Waals surface area (Å²) < 4.78 is 47.1. The normalized spacial score (nSPS) is 15.7. The van der Waals surface area contributed by atoms with Gasteiger partial charge >= 0.3 is 12.1 Å². The minimum atomic E-state index is -4.78. The molecule has 1 fully saturated rings. The molecule has 1 aliphatic heterocycles. The van der Waals surface area contributed by atoms with Gasteiger partial charge in [-0.15, -0.1) is 13.2 Å². The second-order valence-corrected chi connectivity index (χ2v) is 8.10. The van der Waals surface area contributed by atoms with Gasteiger partial charge in [-0.25, -0.2) is 4.79 Å². The Morgan fingerprint density at radius 2 is 1.71 bits per heavy atom. The van der Waals surface area contributed by atoms with Gasteiger partial charge in [-0.1, -0.05) is 12.1 Å². The van der Waals surface area contributed by atoms with E-state index in [4.69, 9.17) is 4.42 Å². The monoisotopic (exact) mass is 492 g/mol. The SMILES string of the molecule is CC(C(=O)N1CCN(CC(=O)Nc2ccc(OC(F)(F)F)cc2)CC1)n1c(=O)oc2ccccc21. The highest BCUT2D eigenvalue weighted by Crippen LogP contribution is 2.24. The predicted octanol–water partition coefficient (Wildman–Crippen LogP) is 2.84. The fourth-order valence-electron chi connectivity index (χ4n) is 4.00. The number of aromatic nitrogens is 1. The molecular formula is C23H23F3N4O5. The molecule has 0 spiro atoms. The van der Waals surface area contributed by atoms with E-state index in [0.717, 1.165) is 12.1 Å². The molecule has 186 valence electrons. The first-order valence-electron chi connectivity index (χ1n) is 10.9. The minimum absolute atomic E-state index is 0.0597. The summed E-state index contributed by atoms with van der Waals surface area (Å²) >= 11 is 0. The summed E-state index contributed by atoms with van der Waals surface area (Å²) in [5, 5.41) is 2.63. The fourth-order valence-corrected chi connectivity index (χ4v) is 4.00. The molecule has 2 amide bonds. The van der Waals surface area contributed by atoms with Gasteiger partial charge in [0.05, 0.1) is 12.1 Å². The van der Waals surface area contributed by atoms with E-state index in [9.17, 15) is 27.6 Å². The van der Waals surface area contributed by atoms with Crippen molar-refractivity contribution >= 4 is 28.6 Å². The maximum atomic E-state index is 13.0. The number of halogens is 3. The number of benzene rings is 2. The second kappa shape index (κ2) is 9.82. The molecule has 0 aliphatic carbocycles. The maximum absolute atomic E-state index is 13.0. The number of ether oxygens (including phenoxy) is 1. The van der Waals surface area contributed by atoms with Crippen LogP contribution in [0.3, 0.4) is 0 Å². The van der Waals surface area contributed by atoms with E-state index in [1.807, 2.05) is 4.90 Å². The Bertz CT molecular complexity index is 1260. The molecule has 1 atom stereocenters. The lowest BCUT2D eigenvalue weighted by Gasteiger charge is -2.35. The largest absolute Gasteiger partial charge is 0.573 e. The molecular weight excluding hydrogens is 469 g/mol. The molecule has 1 aliphatic rings. The van der Waals surface area contributed by atoms with Gasteiger partial charge in [0, 0.05) is 31.9 Å². The number of amides is 2. The van der Waals surface area contributed by atoms with Crippen molar-refractivity contribution in [2.24, 2.45) is 0 Å². The topological polar surface area (TPSA) is 97.0 Å². The van der Waals surface area contributed by atoms with Crippen molar-refractivity contribution in [3.63, 3.8) is 0 Å². The highest BCUT2D eigenvalue weighted by atomic mass is 19.4. The van der Waals surface area contributed by atoms with Crippen molar-refractivity contribution < 1.29 is 31.9 Å². The first-order valence-corrected chi connectivity index (χ1v) is 10.9. The van der Waals surface area contributed by atoms with Crippen molar-refractivity contribution in [3.05, 3.63) is 59.1 Å². The van der Waals surface area contributed by atoms with Gasteiger partial charge in [0.1, 0.15) is 11.8 Å². The van der Waals surface area contributed by atoms with Gasteiger partial charge in [0.15, 0.2) is 5.58 Å². The minimum Gasteiger partial charge on any atom is -0.408 e. The maximum Gasteiger partial charge on any atom is 0.573 e. The molecule has 12 heteroatoms. The van der Waals surface area contributed by atoms with Crippen LogP contribution in [0.15, 0.2) is 57.7 Å². The van der Waals surface area contributed by atoms with E-state index in [-0.39, 0.29) is 24.1 Å².